The van der Waals surface area contributed by atoms with Crippen molar-refractivity contribution in [3.63, 3.8) is 0 Å². The number of nitrogens with zero attached hydrogens (tertiary/aromatic N) is 7. The molecule has 4 N–H and O–H groups in total. The zero-order valence-electron chi connectivity index (χ0n) is 14.6. The average molecular weight is 373 g/mol. The number of thioether (sulfide) groups is 1. The van der Waals surface area contributed by atoms with Crippen molar-refractivity contribution in [2.75, 3.05) is 37.7 Å². The van der Waals surface area contributed by atoms with Gasteiger partial charge >= 0.3 is 0 Å². The van der Waals surface area contributed by atoms with Gasteiger partial charge in [0.1, 0.15) is 11.6 Å². The second-order valence-electron chi connectivity index (χ2n) is 5.47. The van der Waals surface area contributed by atoms with Gasteiger partial charge in [-0.1, -0.05) is 23.9 Å². The summed E-state index contributed by atoms with van der Waals surface area (Å²) in [4.78, 5) is 14.3. The van der Waals surface area contributed by atoms with Gasteiger partial charge < -0.3 is 21.2 Å². The smallest absolute Gasteiger partial charge is 0.229 e. The zero-order valence-corrected chi connectivity index (χ0v) is 15.4. The van der Waals surface area contributed by atoms with E-state index in [4.69, 9.17) is 16.3 Å². The van der Waals surface area contributed by atoms with Gasteiger partial charge in [-0.25, -0.2) is 4.68 Å². The zero-order chi connectivity index (χ0) is 18.7. The number of benzene rings is 1. The summed E-state index contributed by atoms with van der Waals surface area (Å²) in [6.07, 6.45) is 0. The standard InChI is InChI=1S/C15H19N9OS/c1-23(2)14-19-11(18-13(16)20-14)8-26-15-22-21-12(24(15)17)9-6-4-5-7-10(9)25-3/h4-7H,8,17H2,1-3H3,(H2,16,18,19,20). The fraction of sp³-hybridized carbons (Fsp3) is 0.267. The van der Waals surface area contributed by atoms with Crippen LogP contribution in [0.1, 0.15) is 5.82 Å². The molecule has 0 bridgehead atoms. The minimum atomic E-state index is 0.170. The molecule has 0 unspecified atom stereocenters. The summed E-state index contributed by atoms with van der Waals surface area (Å²) in [7, 11) is 5.27. The average Bonchev–Trinajstić information content (AvgIpc) is 3.00. The van der Waals surface area contributed by atoms with Crippen molar-refractivity contribution >= 4 is 23.7 Å². The molecule has 3 aromatic rings. The molecule has 3 rings (SSSR count). The van der Waals surface area contributed by atoms with Crippen LogP contribution in [-0.4, -0.2) is 51.0 Å². The summed E-state index contributed by atoms with van der Waals surface area (Å²) in [5.41, 5.74) is 6.50. The van der Waals surface area contributed by atoms with Crippen LogP contribution < -0.4 is 21.2 Å². The van der Waals surface area contributed by atoms with Crippen molar-refractivity contribution in [1.82, 2.24) is 29.8 Å². The molecule has 136 valence electrons. The largest absolute Gasteiger partial charge is 0.496 e. The fourth-order valence-corrected chi connectivity index (χ4v) is 2.92. The van der Waals surface area contributed by atoms with Crippen molar-refractivity contribution in [1.29, 1.82) is 0 Å². The van der Waals surface area contributed by atoms with Crippen molar-refractivity contribution in [3.05, 3.63) is 30.1 Å². The number of aromatic nitrogens is 6. The van der Waals surface area contributed by atoms with E-state index in [-0.39, 0.29) is 5.95 Å². The maximum Gasteiger partial charge on any atom is 0.229 e. The lowest BCUT2D eigenvalue weighted by molar-refractivity contribution is 0.416. The van der Waals surface area contributed by atoms with Gasteiger partial charge in [-0.15, -0.1) is 10.2 Å². The predicted octanol–water partition coefficient (Wildman–Crippen LogP) is 0.793. The molecule has 0 aliphatic heterocycles. The van der Waals surface area contributed by atoms with E-state index < -0.39 is 0 Å². The molecular weight excluding hydrogens is 354 g/mol. The topological polar surface area (TPSA) is 134 Å². The Kier molecular flexibility index (Phi) is 5.07. The third-order valence-corrected chi connectivity index (χ3v) is 4.37. The molecule has 0 spiro atoms. The highest BCUT2D eigenvalue weighted by Crippen LogP contribution is 2.30. The number of nitrogen functional groups attached to an aromatic ring is 2. The molecule has 26 heavy (non-hydrogen) atoms. The Morgan fingerprint density at radius 1 is 1.15 bits per heavy atom. The lowest BCUT2D eigenvalue weighted by atomic mass is 10.2. The Balaban J connectivity index is 1.81. The molecule has 2 heterocycles. The van der Waals surface area contributed by atoms with Crippen molar-refractivity contribution in [3.8, 4) is 17.1 Å². The molecule has 0 saturated heterocycles. The van der Waals surface area contributed by atoms with Crippen LogP contribution in [0.2, 0.25) is 0 Å². The Morgan fingerprint density at radius 3 is 2.65 bits per heavy atom. The first-order valence-corrected chi connectivity index (χ1v) is 8.62. The van der Waals surface area contributed by atoms with E-state index in [1.54, 1.807) is 12.0 Å². The highest BCUT2D eigenvalue weighted by atomic mass is 32.2. The van der Waals surface area contributed by atoms with E-state index in [1.807, 2.05) is 38.4 Å². The van der Waals surface area contributed by atoms with Crippen LogP contribution in [0.15, 0.2) is 29.4 Å². The monoisotopic (exact) mass is 373 g/mol. The maximum absolute atomic E-state index is 6.16. The summed E-state index contributed by atoms with van der Waals surface area (Å²) in [6.45, 7) is 0. The summed E-state index contributed by atoms with van der Waals surface area (Å²) < 4.78 is 6.77. The first kappa shape index (κ1) is 17.7. The van der Waals surface area contributed by atoms with E-state index in [0.29, 0.717) is 34.3 Å². The summed E-state index contributed by atoms with van der Waals surface area (Å²) >= 11 is 1.35. The summed E-state index contributed by atoms with van der Waals surface area (Å²) in [5, 5.41) is 8.84. The molecule has 0 fully saturated rings. The van der Waals surface area contributed by atoms with Gasteiger partial charge in [0.2, 0.25) is 17.1 Å². The fourth-order valence-electron chi connectivity index (χ4n) is 2.21. The molecule has 0 aliphatic rings. The van der Waals surface area contributed by atoms with Crippen molar-refractivity contribution in [2.45, 2.75) is 10.9 Å². The van der Waals surface area contributed by atoms with Crippen LogP contribution in [0, 0.1) is 0 Å². The van der Waals surface area contributed by atoms with Gasteiger partial charge in [-0.2, -0.15) is 15.0 Å². The third-order valence-electron chi connectivity index (χ3n) is 3.43. The van der Waals surface area contributed by atoms with Gasteiger partial charge in [0.15, 0.2) is 5.82 Å². The SMILES string of the molecule is COc1ccccc1-c1nnc(SCc2nc(N)nc(N(C)C)n2)n1N. The van der Waals surface area contributed by atoms with Crippen LogP contribution in [0.3, 0.4) is 0 Å². The number of methoxy groups -OCH3 is 1. The van der Waals surface area contributed by atoms with E-state index >= 15 is 0 Å². The third kappa shape index (κ3) is 3.61. The quantitative estimate of drug-likeness (QED) is 0.472. The Labute approximate surface area is 154 Å². The normalized spacial score (nSPS) is 10.7. The number of anilines is 2. The van der Waals surface area contributed by atoms with Gasteiger partial charge in [-0.3, -0.25) is 0 Å². The lowest BCUT2D eigenvalue weighted by Crippen LogP contribution is -2.16. The highest BCUT2D eigenvalue weighted by molar-refractivity contribution is 7.98. The second-order valence-corrected chi connectivity index (χ2v) is 6.41. The number of hydrogen-bond donors (Lipinski definition) is 2. The number of para-hydroxylation sites is 1. The molecule has 2 aromatic heterocycles. The lowest BCUT2D eigenvalue weighted by Gasteiger charge is -2.11. The molecule has 1 aromatic carbocycles. The number of hydrogen-bond acceptors (Lipinski definition) is 10. The van der Waals surface area contributed by atoms with Crippen LogP contribution >= 0.6 is 11.8 Å². The number of ether oxygens (including phenoxy) is 1. The Hall–Kier alpha value is -3.08. The van der Waals surface area contributed by atoms with Gasteiger partial charge in [0.25, 0.3) is 0 Å². The van der Waals surface area contributed by atoms with Gasteiger partial charge in [-0.05, 0) is 12.1 Å². The Morgan fingerprint density at radius 2 is 1.92 bits per heavy atom. The second kappa shape index (κ2) is 7.44. The molecule has 0 aliphatic carbocycles. The van der Waals surface area contributed by atoms with E-state index in [1.165, 1.54) is 16.4 Å². The van der Waals surface area contributed by atoms with Gasteiger partial charge in [0.05, 0.1) is 18.4 Å². The molecule has 0 radical (unpaired) electrons. The van der Waals surface area contributed by atoms with Crippen molar-refractivity contribution < 1.29 is 4.74 Å². The van der Waals surface area contributed by atoms with Crippen LogP contribution in [0.25, 0.3) is 11.4 Å². The molecule has 10 nitrogen and oxygen atoms in total. The molecular formula is C15H19N9OS. The number of nitrogens with two attached hydrogens (primary N) is 2. The molecule has 11 heteroatoms. The molecule has 0 saturated carbocycles. The summed E-state index contributed by atoms with van der Waals surface area (Å²) in [5.74, 6) is 8.97. The minimum absolute atomic E-state index is 0.170. The van der Waals surface area contributed by atoms with Crippen LogP contribution in [-0.2, 0) is 5.75 Å². The molecule has 0 atom stereocenters. The van der Waals surface area contributed by atoms with E-state index in [2.05, 4.69) is 25.1 Å². The minimum Gasteiger partial charge on any atom is -0.496 e. The molecule has 0 amide bonds. The summed E-state index contributed by atoms with van der Waals surface area (Å²) in [6, 6.07) is 7.47. The predicted molar refractivity (Wildman–Crippen MR) is 100 cm³/mol. The van der Waals surface area contributed by atoms with Crippen LogP contribution in [0.5, 0.6) is 5.75 Å². The van der Waals surface area contributed by atoms with Crippen molar-refractivity contribution in [2.24, 2.45) is 0 Å². The van der Waals surface area contributed by atoms with Gasteiger partial charge in [0, 0.05) is 14.1 Å². The first-order valence-electron chi connectivity index (χ1n) is 7.64. The first-order chi connectivity index (χ1) is 12.5. The highest BCUT2D eigenvalue weighted by Gasteiger charge is 2.16. The maximum atomic E-state index is 6.16. The van der Waals surface area contributed by atoms with E-state index in [9.17, 15) is 0 Å². The van der Waals surface area contributed by atoms with Crippen LogP contribution in [0.4, 0.5) is 11.9 Å². The van der Waals surface area contributed by atoms with E-state index in [0.717, 1.165) is 5.56 Å². The Bertz CT molecular complexity index is 912. The number of rotatable bonds is 6.